The van der Waals surface area contributed by atoms with E-state index in [0.717, 1.165) is 27.3 Å². The van der Waals surface area contributed by atoms with Gasteiger partial charge in [0.15, 0.2) is 0 Å². The van der Waals surface area contributed by atoms with Crippen molar-refractivity contribution in [1.29, 1.82) is 0 Å². The minimum absolute atomic E-state index is 0.00921. The van der Waals surface area contributed by atoms with E-state index in [-0.39, 0.29) is 70.6 Å². The number of hydrogen-bond acceptors (Lipinski definition) is 1. The molecule has 0 amide bonds. The first-order valence-electron chi connectivity index (χ1n) is 23.4. The van der Waals surface area contributed by atoms with Gasteiger partial charge in [0.2, 0.25) is 0 Å². The molecule has 1 heteroatoms. The summed E-state index contributed by atoms with van der Waals surface area (Å²) in [4.78, 5) is 0. The van der Waals surface area contributed by atoms with Crippen LogP contribution >= 0.6 is 0 Å². The largest absolute Gasteiger partial charge is 0.456 e. The van der Waals surface area contributed by atoms with E-state index in [1.165, 1.54) is 0 Å². The number of furan rings is 1. The third kappa shape index (κ3) is 4.94. The molecule has 0 radical (unpaired) electrons. The average Bonchev–Trinajstić information content (AvgIpc) is 3.70. The Labute approximate surface area is 316 Å². The van der Waals surface area contributed by atoms with Gasteiger partial charge in [-0.3, -0.25) is 0 Å². The molecule has 1 heterocycles. The lowest BCUT2D eigenvalue weighted by Gasteiger charge is -2.18. The van der Waals surface area contributed by atoms with Gasteiger partial charge in [-0.15, -0.1) is 0 Å². The normalized spacial score (nSPS) is 15.4. The van der Waals surface area contributed by atoms with Gasteiger partial charge >= 0.3 is 0 Å². The SMILES string of the molecule is [2H]c1c([2H])c([2H])c(-c2ccc(-c3c([2H])c([2H])c(-c4c5ccccc5c(-c5cccc6oc7ccc(-c8c([2H])c([2H])c([2H])c([2H])c8[2H])cc7c56)c5ccccc45)c([2H])c3[2H])cc2)c([2H])c1[2H]. The van der Waals surface area contributed by atoms with Gasteiger partial charge in [0.05, 0.1) is 19.2 Å². The van der Waals surface area contributed by atoms with Crippen LogP contribution in [0, 0.1) is 0 Å². The van der Waals surface area contributed by atoms with E-state index in [2.05, 4.69) is 0 Å². The molecular weight excluding hydrogens is 617 g/mol. The Bertz CT molecular complexity index is 3560. The van der Waals surface area contributed by atoms with Gasteiger partial charge in [0, 0.05) is 10.8 Å². The van der Waals surface area contributed by atoms with E-state index in [4.69, 9.17) is 18.1 Å². The number of hydrogen-bond donors (Lipinski definition) is 0. The Hall–Kier alpha value is -6.70. The molecular formula is C50H32O. The summed E-state index contributed by atoms with van der Waals surface area (Å²) in [5, 5.41) is 4.24. The Kier molecular flexibility index (Phi) is 4.32. The summed E-state index contributed by atoms with van der Waals surface area (Å²) in [5.74, 6) is 0. The van der Waals surface area contributed by atoms with Gasteiger partial charge in [0.25, 0.3) is 0 Å². The maximum atomic E-state index is 9.49. The van der Waals surface area contributed by atoms with Crippen LogP contribution in [0.5, 0.6) is 0 Å². The summed E-state index contributed by atoms with van der Waals surface area (Å²) >= 11 is 0. The van der Waals surface area contributed by atoms with Crippen molar-refractivity contribution in [2.75, 3.05) is 0 Å². The van der Waals surface area contributed by atoms with E-state index < -0.39 is 36.3 Å². The summed E-state index contributed by atoms with van der Waals surface area (Å²) in [5.41, 5.74) is 4.53. The lowest BCUT2D eigenvalue weighted by molar-refractivity contribution is 0.669. The van der Waals surface area contributed by atoms with Crippen LogP contribution in [-0.4, -0.2) is 0 Å². The van der Waals surface area contributed by atoms with Crippen molar-refractivity contribution < 1.29 is 23.6 Å². The molecule has 10 aromatic rings. The van der Waals surface area contributed by atoms with E-state index in [0.29, 0.717) is 49.6 Å². The highest BCUT2D eigenvalue weighted by molar-refractivity contribution is 6.25. The van der Waals surface area contributed by atoms with Crippen molar-refractivity contribution in [2.45, 2.75) is 0 Å². The van der Waals surface area contributed by atoms with Gasteiger partial charge in [-0.2, -0.15) is 0 Å². The number of rotatable bonds is 5. The monoisotopic (exact) mass is 662 g/mol. The van der Waals surface area contributed by atoms with Gasteiger partial charge in [-0.05, 0) is 95.4 Å². The Morgan fingerprint density at radius 1 is 0.333 bits per heavy atom. The second kappa shape index (κ2) is 12.0. The van der Waals surface area contributed by atoms with Crippen molar-refractivity contribution in [1.82, 2.24) is 0 Å². The minimum Gasteiger partial charge on any atom is -0.456 e. The molecule has 0 spiro atoms. The average molecular weight is 663 g/mol. The number of fused-ring (bicyclic) bond motifs is 5. The first-order valence-corrected chi connectivity index (χ1v) is 16.4. The molecule has 0 aliphatic carbocycles. The topological polar surface area (TPSA) is 13.1 Å². The van der Waals surface area contributed by atoms with Crippen LogP contribution in [0.2, 0.25) is 0 Å². The van der Waals surface area contributed by atoms with E-state index in [1.807, 2.05) is 66.7 Å². The van der Waals surface area contributed by atoms with E-state index >= 15 is 0 Å². The van der Waals surface area contributed by atoms with Crippen LogP contribution in [0.4, 0.5) is 0 Å². The molecule has 0 unspecified atom stereocenters. The van der Waals surface area contributed by atoms with Crippen molar-refractivity contribution in [3.63, 3.8) is 0 Å². The van der Waals surface area contributed by atoms with Crippen LogP contribution in [-0.2, 0) is 0 Å². The van der Waals surface area contributed by atoms with Crippen molar-refractivity contribution >= 4 is 43.5 Å². The summed E-state index contributed by atoms with van der Waals surface area (Å²) in [7, 11) is 0. The molecule has 0 saturated carbocycles. The van der Waals surface area contributed by atoms with Crippen LogP contribution < -0.4 is 0 Å². The highest BCUT2D eigenvalue weighted by Crippen LogP contribution is 2.47. The molecule has 0 aliphatic heterocycles. The van der Waals surface area contributed by atoms with Crippen molar-refractivity contribution in [3.8, 4) is 55.6 Å². The molecule has 0 saturated heterocycles. The minimum atomic E-state index is -0.505. The fraction of sp³-hybridized carbons (Fsp3) is 0. The lowest BCUT2D eigenvalue weighted by Crippen LogP contribution is -1.91. The Morgan fingerprint density at radius 2 is 0.824 bits per heavy atom. The molecule has 9 aromatic carbocycles. The zero-order valence-corrected chi connectivity index (χ0v) is 26.8. The van der Waals surface area contributed by atoms with Crippen LogP contribution in [0.1, 0.15) is 19.2 Å². The van der Waals surface area contributed by atoms with E-state index in [1.54, 1.807) is 42.5 Å². The molecule has 0 atom stereocenters. The maximum absolute atomic E-state index is 9.49. The third-order valence-corrected chi connectivity index (χ3v) is 9.32. The fourth-order valence-corrected chi connectivity index (χ4v) is 7.05. The maximum Gasteiger partial charge on any atom is 0.136 e. The van der Waals surface area contributed by atoms with Crippen LogP contribution in [0.15, 0.2) is 198 Å². The van der Waals surface area contributed by atoms with Gasteiger partial charge < -0.3 is 4.42 Å². The Morgan fingerprint density at radius 3 is 1.41 bits per heavy atom. The molecule has 238 valence electrons. The summed E-state index contributed by atoms with van der Waals surface area (Å²) in [6, 6.07) is 27.0. The first-order chi connectivity index (χ1) is 31.1. The third-order valence-electron chi connectivity index (χ3n) is 9.32. The predicted molar refractivity (Wildman–Crippen MR) is 216 cm³/mol. The smallest absolute Gasteiger partial charge is 0.136 e. The van der Waals surface area contributed by atoms with E-state index in [9.17, 15) is 5.48 Å². The number of benzene rings is 9. The fourth-order valence-electron chi connectivity index (χ4n) is 7.05. The first kappa shape index (κ1) is 18.3. The molecule has 1 nitrogen and oxygen atoms in total. The molecule has 0 bridgehead atoms. The molecule has 0 aliphatic rings. The molecule has 0 N–H and O–H groups in total. The summed E-state index contributed by atoms with van der Waals surface area (Å²) in [6.07, 6.45) is 0. The van der Waals surface area contributed by atoms with Gasteiger partial charge in [-0.1, -0.05) is 176 Å². The highest BCUT2D eigenvalue weighted by atomic mass is 16.3. The van der Waals surface area contributed by atoms with Crippen LogP contribution in [0.3, 0.4) is 0 Å². The van der Waals surface area contributed by atoms with Crippen molar-refractivity contribution in [2.24, 2.45) is 0 Å². The van der Waals surface area contributed by atoms with Gasteiger partial charge in [-0.25, -0.2) is 0 Å². The molecule has 10 rings (SSSR count). The van der Waals surface area contributed by atoms with Crippen LogP contribution in [0.25, 0.3) is 99.1 Å². The van der Waals surface area contributed by atoms with Crippen molar-refractivity contribution in [3.05, 3.63) is 194 Å². The quantitative estimate of drug-likeness (QED) is 0.167. The predicted octanol–water partition coefficient (Wildman–Crippen LogP) is 14.2. The molecule has 0 fully saturated rings. The zero-order valence-electron chi connectivity index (χ0n) is 40.8. The molecule has 51 heavy (non-hydrogen) atoms. The molecule has 1 aromatic heterocycles. The highest BCUT2D eigenvalue weighted by Gasteiger charge is 2.20. The second-order valence-electron chi connectivity index (χ2n) is 12.2. The standard InChI is InChI=1S/C50H32O/c1-3-12-33(13-4-1)35-22-24-36(25-23-35)37-26-28-38(29-27-37)48-40-16-7-9-18-42(40)49(43-19-10-8-17-41(43)48)44-20-11-21-47-50(44)45-32-39(30-31-46(45)51-47)34-14-5-2-6-15-34/h1-32H/i1D,2D,3D,4D,5D,6D,12D,13D,14D,15D,26D,27D,28D,29D. The summed E-state index contributed by atoms with van der Waals surface area (Å²) < 4.78 is 127. The summed E-state index contributed by atoms with van der Waals surface area (Å²) in [6.45, 7) is 0. The van der Waals surface area contributed by atoms with Gasteiger partial charge in [0.1, 0.15) is 11.2 Å². The second-order valence-corrected chi connectivity index (χ2v) is 12.2. The lowest BCUT2D eigenvalue weighted by atomic mass is 9.84. The zero-order chi connectivity index (χ0) is 45.9. The Balaban J connectivity index is 1.18.